The lowest BCUT2D eigenvalue weighted by molar-refractivity contribution is -0.158. The fourth-order valence-corrected chi connectivity index (χ4v) is 6.27. The second-order valence-corrected chi connectivity index (χ2v) is 13.7. The Kier molecular flexibility index (Phi) is 13.8. The van der Waals surface area contributed by atoms with E-state index in [1.165, 1.54) is 32.1 Å². The highest BCUT2D eigenvalue weighted by atomic mass is 31.1. The minimum absolute atomic E-state index is 0.106. The van der Waals surface area contributed by atoms with E-state index in [9.17, 15) is 9.59 Å². The lowest BCUT2D eigenvalue weighted by Gasteiger charge is -2.43. The summed E-state index contributed by atoms with van der Waals surface area (Å²) >= 11 is 0. The van der Waals surface area contributed by atoms with Gasteiger partial charge in [0.1, 0.15) is 5.60 Å². The van der Waals surface area contributed by atoms with E-state index in [0.717, 1.165) is 12.8 Å². The Morgan fingerprint density at radius 2 is 1.55 bits per heavy atom. The topological polar surface area (TPSA) is 43.4 Å². The van der Waals surface area contributed by atoms with E-state index in [-0.39, 0.29) is 17.3 Å². The van der Waals surface area contributed by atoms with Crippen molar-refractivity contribution in [1.29, 1.82) is 0 Å². The van der Waals surface area contributed by atoms with Gasteiger partial charge in [0.05, 0.1) is 0 Å². The van der Waals surface area contributed by atoms with Gasteiger partial charge in [0.15, 0.2) is 5.52 Å². The van der Waals surface area contributed by atoms with E-state index >= 15 is 0 Å². The Labute approximate surface area is 195 Å². The minimum Gasteiger partial charge on any atom is -0.460 e. The number of hydrogen-bond donors (Lipinski definition) is 0. The summed E-state index contributed by atoms with van der Waals surface area (Å²) in [4.78, 5) is 24.2. The summed E-state index contributed by atoms with van der Waals surface area (Å²) in [5.41, 5.74) is 0.265. The van der Waals surface area contributed by atoms with E-state index in [4.69, 9.17) is 4.74 Å². The smallest absolute Gasteiger partial charge is 0.306 e. The van der Waals surface area contributed by atoms with Crippen LogP contribution >= 0.6 is 7.92 Å². The number of rotatable bonds is 10. The molecule has 4 heteroatoms. The SMILES string of the molecule is CCC.CCC(=O)OC(C)(C)CC(C)C1CCCC(C(C)(C)CC(C)C(=O)P(C)C)C1. The molecule has 1 saturated carbocycles. The molecule has 0 aliphatic heterocycles. The van der Waals surface area contributed by atoms with E-state index in [0.29, 0.717) is 29.7 Å². The number of carbonyl (C=O) groups excluding carboxylic acids is 2. The van der Waals surface area contributed by atoms with Gasteiger partial charge in [0.25, 0.3) is 0 Å². The van der Waals surface area contributed by atoms with Crippen LogP contribution in [0, 0.1) is 29.1 Å². The summed E-state index contributed by atoms with van der Waals surface area (Å²) in [6.45, 7) is 23.5. The van der Waals surface area contributed by atoms with Gasteiger partial charge in [-0.2, -0.15) is 0 Å². The number of hydrogen-bond acceptors (Lipinski definition) is 3. The first kappa shape index (κ1) is 30.6. The molecule has 0 saturated heterocycles. The minimum atomic E-state index is -0.496. The molecule has 4 unspecified atom stereocenters. The Bertz CT molecular complexity index is 539. The third kappa shape index (κ3) is 11.3. The van der Waals surface area contributed by atoms with Gasteiger partial charge in [-0.3, -0.25) is 9.59 Å². The Morgan fingerprint density at radius 1 is 1.00 bits per heavy atom. The van der Waals surface area contributed by atoms with Crippen molar-refractivity contribution in [2.45, 2.75) is 119 Å². The highest BCUT2D eigenvalue weighted by Gasteiger charge is 2.38. The molecule has 3 nitrogen and oxygen atoms in total. The fourth-order valence-electron chi connectivity index (χ4n) is 5.30. The van der Waals surface area contributed by atoms with E-state index in [2.05, 4.69) is 54.9 Å². The molecular weight excluding hydrogens is 403 g/mol. The molecular formula is C27H53O3P. The van der Waals surface area contributed by atoms with Crippen LogP contribution in [-0.2, 0) is 14.3 Å². The van der Waals surface area contributed by atoms with Crippen LogP contribution in [0.4, 0.5) is 0 Å². The maximum Gasteiger partial charge on any atom is 0.306 e. The van der Waals surface area contributed by atoms with Crippen molar-refractivity contribution in [3.63, 3.8) is 0 Å². The van der Waals surface area contributed by atoms with Crippen LogP contribution in [0.1, 0.15) is 114 Å². The van der Waals surface area contributed by atoms with Crippen LogP contribution in [0.25, 0.3) is 0 Å². The van der Waals surface area contributed by atoms with Gasteiger partial charge in [-0.25, -0.2) is 0 Å². The maximum atomic E-state index is 12.4. The number of ether oxygens (including phenoxy) is 1. The third-order valence-electron chi connectivity index (χ3n) is 6.81. The van der Waals surface area contributed by atoms with Crippen LogP contribution < -0.4 is 0 Å². The molecule has 1 aliphatic rings. The summed E-state index contributed by atoms with van der Waals surface area (Å²) in [5, 5.41) is 0. The molecule has 0 spiro atoms. The van der Waals surface area contributed by atoms with Crippen molar-refractivity contribution in [2.24, 2.45) is 29.1 Å². The normalized spacial score (nSPS) is 21.7. The highest BCUT2D eigenvalue weighted by Crippen LogP contribution is 2.48. The van der Waals surface area contributed by atoms with Gasteiger partial charge >= 0.3 is 5.97 Å². The second-order valence-electron chi connectivity index (χ2n) is 11.4. The van der Waals surface area contributed by atoms with Crippen molar-refractivity contribution in [2.75, 3.05) is 13.3 Å². The Morgan fingerprint density at radius 3 is 2.03 bits per heavy atom. The first-order valence-corrected chi connectivity index (χ1v) is 14.9. The maximum absolute atomic E-state index is 12.4. The average Bonchev–Trinajstić information content (AvgIpc) is 2.66. The van der Waals surface area contributed by atoms with Crippen LogP contribution in [0.5, 0.6) is 0 Å². The van der Waals surface area contributed by atoms with Crippen LogP contribution in [0.3, 0.4) is 0 Å². The summed E-state index contributed by atoms with van der Waals surface area (Å²) in [7, 11) is -0.496. The zero-order valence-corrected chi connectivity index (χ0v) is 23.5. The first-order valence-electron chi connectivity index (χ1n) is 12.6. The molecule has 0 aromatic carbocycles. The molecule has 0 heterocycles. The Hall–Kier alpha value is -0.430. The van der Waals surface area contributed by atoms with Gasteiger partial charge < -0.3 is 4.74 Å². The third-order valence-corrected chi connectivity index (χ3v) is 8.13. The summed E-state index contributed by atoms with van der Waals surface area (Å²) in [6, 6.07) is 0. The molecule has 0 amide bonds. The molecule has 1 aliphatic carbocycles. The van der Waals surface area contributed by atoms with Crippen molar-refractivity contribution in [3.05, 3.63) is 0 Å². The van der Waals surface area contributed by atoms with E-state index in [1.54, 1.807) is 0 Å². The summed E-state index contributed by atoms with van der Waals surface area (Å²) in [5.74, 6) is 1.95. The molecule has 4 atom stereocenters. The molecule has 0 aromatic rings. The Balaban J connectivity index is 0.00000282. The molecule has 1 fully saturated rings. The van der Waals surface area contributed by atoms with Crippen molar-refractivity contribution >= 4 is 19.4 Å². The average molecular weight is 457 g/mol. The summed E-state index contributed by atoms with van der Waals surface area (Å²) < 4.78 is 5.67. The zero-order valence-electron chi connectivity index (χ0n) is 22.6. The standard InChI is InChI=1S/C24H45O3P.C3H8/c1-10-21(25)27-24(6,7)16-17(2)19-12-11-13-20(14-19)23(4,5)15-18(3)22(26)28(8)9;1-3-2/h17-20H,10-16H2,1-9H3;3H2,1-2H3. The van der Waals surface area contributed by atoms with Gasteiger partial charge in [-0.15, -0.1) is 0 Å². The lowest BCUT2D eigenvalue weighted by atomic mass is 9.63. The van der Waals surface area contributed by atoms with Crippen molar-refractivity contribution < 1.29 is 14.3 Å². The highest BCUT2D eigenvalue weighted by molar-refractivity contribution is 7.73. The second kappa shape index (κ2) is 14.0. The van der Waals surface area contributed by atoms with Gasteiger partial charge in [0, 0.05) is 12.3 Å². The van der Waals surface area contributed by atoms with E-state index in [1.807, 2.05) is 20.8 Å². The predicted octanol–water partition coefficient (Wildman–Crippen LogP) is 8.29. The van der Waals surface area contributed by atoms with Crippen molar-refractivity contribution in [3.8, 4) is 0 Å². The van der Waals surface area contributed by atoms with Crippen LogP contribution in [0.15, 0.2) is 0 Å². The molecule has 0 radical (unpaired) electrons. The van der Waals surface area contributed by atoms with Gasteiger partial charge in [-0.1, -0.05) is 67.7 Å². The van der Waals surface area contributed by atoms with E-state index < -0.39 is 13.5 Å². The van der Waals surface area contributed by atoms with Gasteiger partial charge in [0.2, 0.25) is 0 Å². The van der Waals surface area contributed by atoms with Crippen LogP contribution in [0.2, 0.25) is 0 Å². The largest absolute Gasteiger partial charge is 0.460 e. The molecule has 31 heavy (non-hydrogen) atoms. The number of carbonyl (C=O) groups is 2. The van der Waals surface area contributed by atoms with Gasteiger partial charge in [-0.05, 0) is 84.0 Å². The number of esters is 1. The molecule has 1 rings (SSSR count). The quantitative estimate of drug-likeness (QED) is 0.245. The molecule has 184 valence electrons. The molecule has 0 bridgehead atoms. The van der Waals surface area contributed by atoms with Crippen molar-refractivity contribution in [1.82, 2.24) is 0 Å². The lowest BCUT2D eigenvalue weighted by Crippen LogP contribution is -2.36. The summed E-state index contributed by atoms with van der Waals surface area (Å²) in [6.07, 6.45) is 8.66. The first-order chi connectivity index (χ1) is 14.2. The van der Waals surface area contributed by atoms with Crippen LogP contribution in [-0.4, -0.2) is 30.4 Å². The monoisotopic (exact) mass is 456 g/mol. The molecule has 0 N–H and O–H groups in total. The predicted molar refractivity (Wildman–Crippen MR) is 137 cm³/mol. The fraction of sp³-hybridized carbons (Fsp3) is 0.926. The zero-order chi connectivity index (χ0) is 24.4. The molecule has 0 aromatic heterocycles.